The molecule has 0 bridgehead atoms. The van der Waals surface area contributed by atoms with Crippen LogP contribution in [-0.4, -0.2) is 18.3 Å². The Morgan fingerprint density at radius 3 is 2.28 bits per heavy atom. The third-order valence-corrected chi connectivity index (χ3v) is 3.02. The van der Waals surface area contributed by atoms with Crippen molar-refractivity contribution in [2.75, 3.05) is 7.11 Å². The van der Waals surface area contributed by atoms with Gasteiger partial charge in [-0.1, -0.05) is 30.3 Å². The number of fused-ring (bicyclic) bond motifs is 1. The van der Waals surface area contributed by atoms with Crippen LogP contribution in [0.15, 0.2) is 36.4 Å². The maximum Gasteiger partial charge on any atom is 0.126 e. The molecule has 0 heterocycles. The topological polar surface area (TPSA) is 55.5 Å². The average molecular weight is 268 g/mol. The molecule has 98 valence electrons. The molecule has 0 aliphatic rings. The molecule has 0 saturated carbocycles. The number of hydrogen-bond acceptors (Lipinski definition) is 3. The highest BCUT2D eigenvalue weighted by atomic mass is 35.5. The molecule has 0 unspecified atom stereocenters. The van der Waals surface area contributed by atoms with Gasteiger partial charge in [0.05, 0.1) is 19.3 Å². The first kappa shape index (κ1) is 14.8. The maximum absolute atomic E-state index is 9.60. The van der Waals surface area contributed by atoms with E-state index in [1.807, 2.05) is 36.4 Å². The minimum atomic E-state index is -0.577. The highest BCUT2D eigenvalue weighted by molar-refractivity contribution is 5.91. The maximum atomic E-state index is 9.60. The predicted molar refractivity (Wildman–Crippen MR) is 76.4 cm³/mol. The highest BCUT2D eigenvalue weighted by Crippen LogP contribution is 2.31. The van der Waals surface area contributed by atoms with E-state index < -0.39 is 6.10 Å². The molecule has 0 saturated heterocycles. The number of ether oxygens (including phenoxy) is 1. The molecule has 0 fully saturated rings. The first-order chi connectivity index (χ1) is 8.15. The van der Waals surface area contributed by atoms with Crippen molar-refractivity contribution in [3.63, 3.8) is 0 Å². The van der Waals surface area contributed by atoms with Crippen molar-refractivity contribution in [1.29, 1.82) is 0 Å². The summed E-state index contributed by atoms with van der Waals surface area (Å²) >= 11 is 0. The number of methoxy groups -OCH3 is 1. The summed E-state index contributed by atoms with van der Waals surface area (Å²) in [5.41, 5.74) is 6.95. The zero-order valence-electron chi connectivity index (χ0n) is 10.5. The summed E-state index contributed by atoms with van der Waals surface area (Å²) in [6.07, 6.45) is -0.577. The lowest BCUT2D eigenvalue weighted by Crippen LogP contribution is -2.23. The van der Waals surface area contributed by atoms with E-state index in [-0.39, 0.29) is 18.4 Å². The fourth-order valence-electron chi connectivity index (χ4n) is 2.02. The van der Waals surface area contributed by atoms with Gasteiger partial charge in [-0.15, -0.1) is 12.4 Å². The van der Waals surface area contributed by atoms with E-state index >= 15 is 0 Å². The molecule has 2 aromatic carbocycles. The van der Waals surface area contributed by atoms with Gasteiger partial charge in [0.2, 0.25) is 0 Å². The lowest BCUT2D eigenvalue weighted by Gasteiger charge is -2.18. The Morgan fingerprint density at radius 1 is 1.11 bits per heavy atom. The fourth-order valence-corrected chi connectivity index (χ4v) is 2.02. The molecular formula is C14H18ClNO2. The van der Waals surface area contributed by atoms with Crippen molar-refractivity contribution in [1.82, 2.24) is 0 Å². The molecule has 2 rings (SSSR count). The third kappa shape index (κ3) is 2.58. The summed E-state index contributed by atoms with van der Waals surface area (Å²) in [5, 5.41) is 11.6. The number of rotatable bonds is 3. The van der Waals surface area contributed by atoms with Crippen molar-refractivity contribution in [2.45, 2.75) is 19.1 Å². The monoisotopic (exact) mass is 267 g/mol. The predicted octanol–water partition coefficient (Wildman–Crippen LogP) is 2.65. The van der Waals surface area contributed by atoms with E-state index in [4.69, 9.17) is 10.5 Å². The molecule has 18 heavy (non-hydrogen) atoms. The summed E-state index contributed by atoms with van der Waals surface area (Å²) in [6, 6.07) is 11.3. The van der Waals surface area contributed by atoms with Gasteiger partial charge >= 0.3 is 0 Å². The van der Waals surface area contributed by atoms with Gasteiger partial charge in [0.1, 0.15) is 5.75 Å². The summed E-state index contributed by atoms with van der Waals surface area (Å²) in [7, 11) is 1.65. The van der Waals surface area contributed by atoms with E-state index in [0.717, 1.165) is 22.1 Å². The fraction of sp³-hybridized carbons (Fsp3) is 0.286. The normalized spacial score (nSPS) is 13.8. The van der Waals surface area contributed by atoms with Crippen LogP contribution < -0.4 is 10.5 Å². The van der Waals surface area contributed by atoms with Gasteiger partial charge in [0.25, 0.3) is 0 Å². The van der Waals surface area contributed by atoms with Crippen LogP contribution in [0.5, 0.6) is 5.75 Å². The Kier molecular flexibility index (Phi) is 4.96. The average Bonchev–Trinajstić information content (AvgIpc) is 2.36. The zero-order chi connectivity index (χ0) is 12.4. The Balaban J connectivity index is 0.00000162. The molecule has 0 aliphatic carbocycles. The molecule has 4 heteroatoms. The number of halogens is 1. The highest BCUT2D eigenvalue weighted by Gasteiger charge is 2.16. The number of hydrogen-bond donors (Lipinski definition) is 2. The molecule has 0 radical (unpaired) electrons. The van der Waals surface area contributed by atoms with E-state index in [2.05, 4.69) is 0 Å². The van der Waals surface area contributed by atoms with E-state index in [9.17, 15) is 5.11 Å². The van der Waals surface area contributed by atoms with Crippen LogP contribution in [-0.2, 0) is 0 Å². The number of benzene rings is 2. The molecule has 0 spiro atoms. The summed E-state index contributed by atoms with van der Waals surface area (Å²) in [4.78, 5) is 0. The molecule has 3 N–H and O–H groups in total. The van der Waals surface area contributed by atoms with Gasteiger partial charge in [0, 0.05) is 5.39 Å². The number of aliphatic hydroxyl groups excluding tert-OH is 1. The van der Waals surface area contributed by atoms with Crippen LogP contribution in [0.1, 0.15) is 18.5 Å². The van der Waals surface area contributed by atoms with Crippen LogP contribution in [0.2, 0.25) is 0 Å². The van der Waals surface area contributed by atoms with Crippen LogP contribution in [0.3, 0.4) is 0 Å². The second-order valence-corrected chi connectivity index (χ2v) is 4.17. The quantitative estimate of drug-likeness (QED) is 0.899. The first-order valence-corrected chi connectivity index (χ1v) is 5.64. The van der Waals surface area contributed by atoms with Gasteiger partial charge < -0.3 is 15.6 Å². The van der Waals surface area contributed by atoms with Crippen LogP contribution in [0.4, 0.5) is 0 Å². The number of aliphatic hydroxyl groups is 1. The third-order valence-electron chi connectivity index (χ3n) is 3.02. The SMILES string of the molecule is COc1ccc([C@H](N)[C@@H](C)O)c2ccccc12.Cl. The van der Waals surface area contributed by atoms with Crippen molar-refractivity contribution >= 4 is 23.2 Å². The Morgan fingerprint density at radius 2 is 1.72 bits per heavy atom. The van der Waals surface area contributed by atoms with Crippen molar-refractivity contribution in [3.05, 3.63) is 42.0 Å². The lowest BCUT2D eigenvalue weighted by atomic mass is 9.96. The van der Waals surface area contributed by atoms with Gasteiger partial charge in [-0.05, 0) is 23.9 Å². The first-order valence-electron chi connectivity index (χ1n) is 5.64. The molecule has 0 aromatic heterocycles. The van der Waals surface area contributed by atoms with Gasteiger partial charge in [0.15, 0.2) is 0 Å². The minimum absolute atomic E-state index is 0. The molecular weight excluding hydrogens is 250 g/mol. The second kappa shape index (κ2) is 6.05. The summed E-state index contributed by atoms with van der Waals surface area (Å²) in [5.74, 6) is 0.821. The van der Waals surface area contributed by atoms with Gasteiger partial charge in [-0.3, -0.25) is 0 Å². The standard InChI is InChI=1S/C14H17NO2.ClH/c1-9(16)14(15)12-7-8-13(17-2)11-6-4-3-5-10(11)12;/h3-9,14,16H,15H2,1-2H3;1H/t9-,14-;/m1./s1. The molecule has 0 aliphatic heterocycles. The van der Waals surface area contributed by atoms with E-state index in [0.29, 0.717) is 0 Å². The van der Waals surface area contributed by atoms with Crippen molar-refractivity contribution < 1.29 is 9.84 Å². The van der Waals surface area contributed by atoms with Crippen molar-refractivity contribution in [2.24, 2.45) is 5.73 Å². The van der Waals surface area contributed by atoms with Crippen molar-refractivity contribution in [3.8, 4) is 5.75 Å². The minimum Gasteiger partial charge on any atom is -0.496 e. The smallest absolute Gasteiger partial charge is 0.126 e. The molecule has 3 nitrogen and oxygen atoms in total. The summed E-state index contributed by atoms with van der Waals surface area (Å²) < 4.78 is 5.32. The zero-order valence-corrected chi connectivity index (χ0v) is 11.3. The molecule has 2 aromatic rings. The van der Waals surface area contributed by atoms with Crippen LogP contribution in [0.25, 0.3) is 10.8 Å². The number of nitrogens with two attached hydrogens (primary N) is 1. The van der Waals surface area contributed by atoms with E-state index in [1.165, 1.54) is 0 Å². The van der Waals surface area contributed by atoms with Crippen LogP contribution >= 0.6 is 12.4 Å². The van der Waals surface area contributed by atoms with Gasteiger partial charge in [-0.2, -0.15) is 0 Å². The molecule has 0 amide bonds. The molecule has 2 atom stereocenters. The largest absolute Gasteiger partial charge is 0.496 e. The Bertz CT molecular complexity index is 528. The lowest BCUT2D eigenvalue weighted by molar-refractivity contribution is 0.165. The Labute approximate surface area is 113 Å². The van der Waals surface area contributed by atoms with E-state index in [1.54, 1.807) is 14.0 Å². The van der Waals surface area contributed by atoms with Crippen LogP contribution in [0, 0.1) is 0 Å². The summed E-state index contributed by atoms with van der Waals surface area (Å²) in [6.45, 7) is 1.70. The van der Waals surface area contributed by atoms with Gasteiger partial charge in [-0.25, -0.2) is 0 Å². The Hall–Kier alpha value is -1.29. The second-order valence-electron chi connectivity index (χ2n) is 4.17.